The molecule has 0 radical (unpaired) electrons. The molecule has 1 rings (SSSR count). The minimum Gasteiger partial charge on any atom is -0.384 e. The fourth-order valence-corrected chi connectivity index (χ4v) is 1.39. The van der Waals surface area contributed by atoms with Gasteiger partial charge in [-0.1, -0.05) is 0 Å². The average Bonchev–Trinajstić information content (AvgIpc) is 2.03. The summed E-state index contributed by atoms with van der Waals surface area (Å²) in [5.74, 6) is -0.0499. The third kappa shape index (κ3) is 1.79. The SMILES string of the molecule is Nc1ccc(S(=O)(=O)C(F)(F)F)cn1. The summed E-state index contributed by atoms with van der Waals surface area (Å²) in [4.78, 5) is 2.34. The first-order valence-corrected chi connectivity index (χ1v) is 4.76. The summed E-state index contributed by atoms with van der Waals surface area (Å²) in [6, 6.07) is 1.74. The van der Waals surface area contributed by atoms with Crippen LogP contribution in [0.2, 0.25) is 0 Å². The number of hydrogen-bond donors (Lipinski definition) is 1. The van der Waals surface area contributed by atoms with Gasteiger partial charge in [0.05, 0.1) is 4.90 Å². The van der Waals surface area contributed by atoms with E-state index in [2.05, 4.69) is 4.98 Å². The normalized spacial score (nSPS) is 12.8. The summed E-state index contributed by atoms with van der Waals surface area (Å²) < 4.78 is 57.4. The van der Waals surface area contributed by atoms with Gasteiger partial charge in [-0.2, -0.15) is 13.2 Å². The lowest BCUT2D eigenvalue weighted by Gasteiger charge is -2.06. The second-order valence-corrected chi connectivity index (χ2v) is 4.31. The number of rotatable bonds is 1. The average molecular weight is 226 g/mol. The minimum absolute atomic E-state index is 0.0499. The molecule has 0 atom stereocenters. The van der Waals surface area contributed by atoms with Crippen LogP contribution in [0.15, 0.2) is 23.2 Å². The standard InChI is InChI=1S/C6H5F3N2O2S/c7-6(8,9)14(12,13)4-1-2-5(10)11-3-4/h1-3H,(H2,10,11). The smallest absolute Gasteiger partial charge is 0.384 e. The fraction of sp³-hybridized carbons (Fsp3) is 0.167. The zero-order valence-electron chi connectivity index (χ0n) is 6.62. The number of nitrogens with zero attached hydrogens (tertiary/aromatic N) is 1. The first-order chi connectivity index (χ1) is 6.25. The van der Waals surface area contributed by atoms with Crippen LogP contribution in [0, 0.1) is 0 Å². The van der Waals surface area contributed by atoms with E-state index in [1.807, 2.05) is 0 Å². The lowest BCUT2D eigenvalue weighted by Crippen LogP contribution is -2.23. The molecule has 0 aliphatic carbocycles. The second kappa shape index (κ2) is 3.12. The molecule has 0 fully saturated rings. The van der Waals surface area contributed by atoms with Crippen LogP contribution in [0.4, 0.5) is 19.0 Å². The van der Waals surface area contributed by atoms with Crippen LogP contribution in [0.5, 0.6) is 0 Å². The zero-order valence-corrected chi connectivity index (χ0v) is 7.43. The molecule has 1 aromatic heterocycles. The number of anilines is 1. The summed E-state index contributed by atoms with van der Waals surface area (Å²) in [7, 11) is -5.31. The van der Waals surface area contributed by atoms with E-state index < -0.39 is 20.2 Å². The Labute approximate surface area is 77.5 Å². The van der Waals surface area contributed by atoms with Gasteiger partial charge in [-0.15, -0.1) is 0 Å². The lowest BCUT2D eigenvalue weighted by atomic mass is 10.5. The first-order valence-electron chi connectivity index (χ1n) is 3.28. The van der Waals surface area contributed by atoms with Crippen molar-refractivity contribution in [3.63, 3.8) is 0 Å². The van der Waals surface area contributed by atoms with Gasteiger partial charge in [0.1, 0.15) is 5.82 Å². The topological polar surface area (TPSA) is 73.1 Å². The van der Waals surface area contributed by atoms with E-state index in [-0.39, 0.29) is 5.82 Å². The molecule has 8 heteroatoms. The third-order valence-electron chi connectivity index (χ3n) is 1.37. The van der Waals surface area contributed by atoms with Crippen molar-refractivity contribution in [2.75, 3.05) is 5.73 Å². The summed E-state index contributed by atoms with van der Waals surface area (Å²) >= 11 is 0. The summed E-state index contributed by atoms with van der Waals surface area (Å²) in [5.41, 5.74) is -0.223. The van der Waals surface area contributed by atoms with Gasteiger partial charge in [0, 0.05) is 6.20 Å². The van der Waals surface area contributed by atoms with Gasteiger partial charge in [0.25, 0.3) is 9.84 Å². The molecule has 0 spiro atoms. The minimum atomic E-state index is -5.31. The Kier molecular flexibility index (Phi) is 2.40. The van der Waals surface area contributed by atoms with E-state index in [4.69, 9.17) is 5.73 Å². The molecule has 1 heterocycles. The van der Waals surface area contributed by atoms with Gasteiger partial charge < -0.3 is 5.73 Å². The third-order valence-corrected chi connectivity index (χ3v) is 2.85. The number of sulfone groups is 1. The maximum absolute atomic E-state index is 12.0. The molecular formula is C6H5F3N2O2S. The highest BCUT2D eigenvalue weighted by Crippen LogP contribution is 2.29. The fourth-order valence-electron chi connectivity index (χ4n) is 0.684. The first kappa shape index (κ1) is 10.8. The molecule has 78 valence electrons. The molecule has 0 saturated carbocycles. The largest absolute Gasteiger partial charge is 0.501 e. The van der Waals surface area contributed by atoms with Crippen LogP contribution in [-0.2, 0) is 9.84 Å². The highest BCUT2D eigenvalue weighted by Gasteiger charge is 2.46. The van der Waals surface area contributed by atoms with Gasteiger partial charge in [-0.25, -0.2) is 13.4 Å². The number of alkyl halides is 3. The molecule has 0 aromatic carbocycles. The van der Waals surface area contributed by atoms with Crippen LogP contribution < -0.4 is 5.73 Å². The van der Waals surface area contributed by atoms with Gasteiger partial charge >= 0.3 is 5.51 Å². The van der Waals surface area contributed by atoms with Crippen LogP contribution in [0.3, 0.4) is 0 Å². The van der Waals surface area contributed by atoms with Crippen LogP contribution in [-0.4, -0.2) is 18.9 Å². The van der Waals surface area contributed by atoms with Crippen LogP contribution in [0.1, 0.15) is 0 Å². The Balaban J connectivity index is 3.25. The van der Waals surface area contributed by atoms with E-state index in [9.17, 15) is 21.6 Å². The highest BCUT2D eigenvalue weighted by atomic mass is 32.2. The van der Waals surface area contributed by atoms with Crippen molar-refractivity contribution < 1.29 is 21.6 Å². The van der Waals surface area contributed by atoms with E-state index in [1.165, 1.54) is 0 Å². The van der Waals surface area contributed by atoms with E-state index >= 15 is 0 Å². The molecule has 0 amide bonds. The summed E-state index contributed by atoms with van der Waals surface area (Å²) in [5, 5.41) is 0. The summed E-state index contributed by atoms with van der Waals surface area (Å²) in [6.45, 7) is 0. The Morgan fingerprint density at radius 1 is 1.29 bits per heavy atom. The second-order valence-electron chi connectivity index (χ2n) is 2.37. The van der Waals surface area contributed by atoms with Gasteiger partial charge in [0.15, 0.2) is 0 Å². The predicted octanol–water partition coefficient (Wildman–Crippen LogP) is 0.957. The monoisotopic (exact) mass is 226 g/mol. The van der Waals surface area contributed by atoms with Crippen molar-refractivity contribution >= 4 is 15.7 Å². The van der Waals surface area contributed by atoms with Crippen LogP contribution in [0.25, 0.3) is 0 Å². The number of aromatic nitrogens is 1. The van der Waals surface area contributed by atoms with Gasteiger partial charge in [0.2, 0.25) is 0 Å². The van der Waals surface area contributed by atoms with Gasteiger partial charge in [-0.3, -0.25) is 0 Å². The molecule has 0 aliphatic rings. The molecule has 2 N–H and O–H groups in total. The van der Waals surface area contributed by atoms with Crippen molar-refractivity contribution in [3.05, 3.63) is 18.3 Å². The van der Waals surface area contributed by atoms with Crippen molar-refractivity contribution in [1.82, 2.24) is 4.98 Å². The molecular weight excluding hydrogens is 221 g/mol. The molecule has 4 nitrogen and oxygen atoms in total. The Bertz CT molecular complexity index is 423. The van der Waals surface area contributed by atoms with Crippen molar-refractivity contribution in [1.29, 1.82) is 0 Å². The maximum Gasteiger partial charge on any atom is 0.501 e. The zero-order chi connectivity index (χ0) is 11.0. The number of pyridine rings is 1. The van der Waals surface area contributed by atoms with Crippen molar-refractivity contribution in [2.45, 2.75) is 10.4 Å². The van der Waals surface area contributed by atoms with Crippen LogP contribution >= 0.6 is 0 Å². The lowest BCUT2D eigenvalue weighted by molar-refractivity contribution is -0.0436. The molecule has 14 heavy (non-hydrogen) atoms. The van der Waals surface area contributed by atoms with E-state index in [0.29, 0.717) is 6.20 Å². The summed E-state index contributed by atoms with van der Waals surface area (Å²) in [6.07, 6.45) is 0.568. The molecule has 0 aliphatic heterocycles. The van der Waals surface area contributed by atoms with Crippen molar-refractivity contribution in [3.8, 4) is 0 Å². The highest BCUT2D eigenvalue weighted by molar-refractivity contribution is 7.92. The quantitative estimate of drug-likeness (QED) is 0.773. The molecule has 0 unspecified atom stereocenters. The number of nitrogen functional groups attached to an aromatic ring is 1. The molecule has 0 bridgehead atoms. The molecule has 1 aromatic rings. The Hall–Kier alpha value is -1.31. The van der Waals surface area contributed by atoms with Gasteiger partial charge in [-0.05, 0) is 12.1 Å². The Morgan fingerprint density at radius 2 is 1.86 bits per heavy atom. The predicted molar refractivity (Wildman–Crippen MR) is 41.9 cm³/mol. The van der Waals surface area contributed by atoms with Crippen molar-refractivity contribution in [2.24, 2.45) is 0 Å². The molecule has 0 saturated heterocycles. The van der Waals surface area contributed by atoms with E-state index in [0.717, 1.165) is 12.1 Å². The number of nitrogens with two attached hydrogens (primary N) is 1. The van der Waals surface area contributed by atoms with E-state index in [1.54, 1.807) is 0 Å². The maximum atomic E-state index is 12.0. The number of hydrogen-bond acceptors (Lipinski definition) is 4. The Morgan fingerprint density at radius 3 is 2.21 bits per heavy atom. The number of halogens is 3.